The lowest BCUT2D eigenvalue weighted by Crippen LogP contribution is -2.01. The van der Waals surface area contributed by atoms with Crippen LogP contribution in [0.15, 0.2) is 36.9 Å². The molecule has 1 aliphatic rings. The summed E-state index contributed by atoms with van der Waals surface area (Å²) in [5, 5.41) is 0. The lowest BCUT2D eigenvalue weighted by atomic mass is 10.1. The van der Waals surface area contributed by atoms with Crippen LogP contribution in [0.25, 0.3) is 5.57 Å². The van der Waals surface area contributed by atoms with E-state index in [0.29, 0.717) is 12.2 Å². The fraction of sp³-hybridized carbons (Fsp3) is 0.167. The molecule has 0 atom stereocenters. The van der Waals surface area contributed by atoms with Gasteiger partial charge in [-0.25, -0.2) is 9.59 Å². The van der Waals surface area contributed by atoms with E-state index in [2.05, 4.69) is 16.1 Å². The Labute approximate surface area is 93.5 Å². The molecule has 1 aromatic rings. The maximum atomic E-state index is 11.0. The van der Waals surface area contributed by atoms with Crippen LogP contribution in [-0.4, -0.2) is 25.7 Å². The third kappa shape index (κ3) is 3.96. The number of hydrogen-bond acceptors (Lipinski definition) is 4. The van der Waals surface area contributed by atoms with Gasteiger partial charge in [0.2, 0.25) is 0 Å². The molecular weight excluding hydrogens is 208 g/mol. The molecule has 0 spiro atoms. The Morgan fingerprint density at radius 2 is 1.88 bits per heavy atom. The second-order valence-electron chi connectivity index (χ2n) is 3.00. The van der Waals surface area contributed by atoms with Gasteiger partial charge in [-0.1, -0.05) is 36.9 Å². The summed E-state index contributed by atoms with van der Waals surface area (Å²) in [5.41, 5.74) is 1.18. The van der Waals surface area contributed by atoms with E-state index in [1.54, 1.807) is 0 Å². The predicted octanol–water partition coefficient (Wildman–Crippen LogP) is 1.42. The Morgan fingerprint density at radius 1 is 1.38 bits per heavy atom. The first-order valence-corrected chi connectivity index (χ1v) is 4.63. The van der Waals surface area contributed by atoms with Crippen LogP contribution >= 0.6 is 0 Å². The number of cyclic esters (lactones) is 1. The molecule has 0 radical (unpaired) electrons. The Bertz CT molecular complexity index is 389. The first-order chi connectivity index (χ1) is 7.65. The van der Waals surface area contributed by atoms with Crippen LogP contribution in [0.4, 0.5) is 0 Å². The monoisotopic (exact) mass is 220 g/mol. The normalized spacial score (nSPS) is 11.7. The highest BCUT2D eigenvalue weighted by molar-refractivity contribution is 6.15. The average molecular weight is 220 g/mol. The van der Waals surface area contributed by atoms with Crippen molar-refractivity contribution in [2.75, 3.05) is 13.7 Å². The van der Waals surface area contributed by atoms with E-state index in [-0.39, 0.29) is 11.9 Å². The summed E-state index contributed by atoms with van der Waals surface area (Å²) in [4.78, 5) is 20.3. The number of ether oxygens (including phenoxy) is 2. The number of hydrogen-bond donors (Lipinski definition) is 0. The molecule has 0 aromatic heterocycles. The van der Waals surface area contributed by atoms with Crippen molar-refractivity contribution >= 4 is 17.5 Å². The number of carbonyl (C=O) groups is 2. The summed E-state index contributed by atoms with van der Waals surface area (Å²) < 4.78 is 8.60. The third-order valence-corrected chi connectivity index (χ3v) is 1.82. The SMILES string of the molecule is C=C(C(=O)OC)c1ccccc1.O=C1CO1. The minimum Gasteiger partial charge on any atom is -0.465 e. The summed E-state index contributed by atoms with van der Waals surface area (Å²) in [5.74, 6) is -0.471. The Kier molecular flexibility index (Phi) is 4.27. The Balaban J connectivity index is 0.000000267. The first-order valence-electron chi connectivity index (χ1n) is 4.63. The van der Waals surface area contributed by atoms with E-state index >= 15 is 0 Å². The summed E-state index contributed by atoms with van der Waals surface area (Å²) in [6.45, 7) is 3.97. The maximum Gasteiger partial charge on any atom is 0.344 e. The van der Waals surface area contributed by atoms with Crippen LogP contribution in [0.2, 0.25) is 0 Å². The first kappa shape index (κ1) is 12.0. The van der Waals surface area contributed by atoms with Gasteiger partial charge in [0.25, 0.3) is 0 Å². The molecule has 16 heavy (non-hydrogen) atoms. The van der Waals surface area contributed by atoms with Crippen molar-refractivity contribution in [3.8, 4) is 0 Å². The molecule has 0 N–H and O–H groups in total. The summed E-state index contributed by atoms with van der Waals surface area (Å²) in [6.07, 6.45) is 0. The summed E-state index contributed by atoms with van der Waals surface area (Å²) in [7, 11) is 1.34. The van der Waals surface area contributed by atoms with Gasteiger partial charge in [-0.3, -0.25) is 0 Å². The highest BCUT2D eigenvalue weighted by Crippen LogP contribution is 2.12. The van der Waals surface area contributed by atoms with E-state index in [1.165, 1.54) is 7.11 Å². The molecule has 2 rings (SSSR count). The van der Waals surface area contributed by atoms with E-state index < -0.39 is 0 Å². The van der Waals surface area contributed by atoms with E-state index in [4.69, 9.17) is 0 Å². The van der Waals surface area contributed by atoms with Gasteiger partial charge in [-0.05, 0) is 5.56 Å². The highest BCUT2D eigenvalue weighted by atomic mass is 16.6. The molecule has 0 unspecified atom stereocenters. The topological polar surface area (TPSA) is 55.9 Å². The minimum atomic E-state index is -0.388. The van der Waals surface area contributed by atoms with Crippen molar-refractivity contribution in [3.05, 3.63) is 42.5 Å². The number of epoxide rings is 1. The number of carbonyl (C=O) groups excluding carboxylic acids is 2. The molecule has 0 aliphatic carbocycles. The van der Waals surface area contributed by atoms with Crippen molar-refractivity contribution < 1.29 is 19.1 Å². The zero-order valence-corrected chi connectivity index (χ0v) is 8.93. The molecule has 1 aromatic carbocycles. The number of rotatable bonds is 2. The molecule has 1 fully saturated rings. The zero-order chi connectivity index (χ0) is 12.0. The summed E-state index contributed by atoms with van der Waals surface area (Å²) in [6, 6.07) is 9.22. The standard InChI is InChI=1S/C10H10O2.C2H2O2/c1-8(10(11)12-2)9-6-4-3-5-7-9;3-2-1-4-2/h3-7H,1H2,2H3;1H2. The fourth-order valence-electron chi connectivity index (χ4n) is 0.910. The van der Waals surface area contributed by atoms with Gasteiger partial charge in [0, 0.05) is 0 Å². The molecule has 4 nitrogen and oxygen atoms in total. The molecule has 4 heteroatoms. The lowest BCUT2D eigenvalue weighted by Gasteiger charge is -2.01. The average Bonchev–Trinajstić information content (AvgIpc) is 3.11. The van der Waals surface area contributed by atoms with E-state index in [0.717, 1.165) is 5.56 Å². The van der Waals surface area contributed by atoms with Gasteiger partial charge < -0.3 is 9.47 Å². The summed E-state index contributed by atoms with van der Waals surface area (Å²) >= 11 is 0. The van der Waals surface area contributed by atoms with E-state index in [1.807, 2.05) is 30.3 Å². The molecule has 0 amide bonds. The Hall–Kier alpha value is -2.10. The minimum absolute atomic E-state index is 0.0833. The quantitative estimate of drug-likeness (QED) is 0.429. The molecule has 1 saturated heterocycles. The van der Waals surface area contributed by atoms with Gasteiger partial charge in [0.1, 0.15) is 0 Å². The second-order valence-corrected chi connectivity index (χ2v) is 3.00. The predicted molar refractivity (Wildman–Crippen MR) is 58.5 cm³/mol. The van der Waals surface area contributed by atoms with Gasteiger partial charge >= 0.3 is 11.9 Å². The van der Waals surface area contributed by atoms with Crippen LogP contribution in [0.5, 0.6) is 0 Å². The second kappa shape index (κ2) is 5.70. The molecule has 0 bridgehead atoms. The van der Waals surface area contributed by atoms with Crippen LogP contribution in [0, 0.1) is 0 Å². The number of methoxy groups -OCH3 is 1. The van der Waals surface area contributed by atoms with Gasteiger partial charge in [-0.15, -0.1) is 0 Å². The maximum absolute atomic E-state index is 11.0. The van der Waals surface area contributed by atoms with Crippen molar-refractivity contribution in [1.82, 2.24) is 0 Å². The van der Waals surface area contributed by atoms with Crippen molar-refractivity contribution in [1.29, 1.82) is 0 Å². The largest absolute Gasteiger partial charge is 0.465 e. The fourth-order valence-corrected chi connectivity index (χ4v) is 0.910. The zero-order valence-electron chi connectivity index (χ0n) is 8.93. The van der Waals surface area contributed by atoms with Crippen LogP contribution < -0.4 is 0 Å². The van der Waals surface area contributed by atoms with Crippen LogP contribution in [0.1, 0.15) is 5.56 Å². The molecule has 1 heterocycles. The van der Waals surface area contributed by atoms with Crippen LogP contribution in [0.3, 0.4) is 0 Å². The van der Waals surface area contributed by atoms with Crippen molar-refractivity contribution in [2.24, 2.45) is 0 Å². The Morgan fingerprint density at radius 3 is 2.25 bits per heavy atom. The van der Waals surface area contributed by atoms with Crippen LogP contribution in [-0.2, 0) is 19.1 Å². The molecule has 1 aliphatic heterocycles. The number of benzene rings is 1. The molecule has 84 valence electrons. The highest BCUT2D eigenvalue weighted by Gasteiger charge is 2.15. The third-order valence-electron chi connectivity index (χ3n) is 1.82. The smallest absolute Gasteiger partial charge is 0.344 e. The molecular formula is C12H12O4. The van der Waals surface area contributed by atoms with E-state index in [9.17, 15) is 9.59 Å². The van der Waals surface area contributed by atoms with Gasteiger partial charge in [-0.2, -0.15) is 0 Å². The van der Waals surface area contributed by atoms with Gasteiger partial charge in [0.15, 0.2) is 6.61 Å². The lowest BCUT2D eigenvalue weighted by molar-refractivity contribution is -0.133. The van der Waals surface area contributed by atoms with Crippen molar-refractivity contribution in [2.45, 2.75) is 0 Å². The van der Waals surface area contributed by atoms with Gasteiger partial charge in [0.05, 0.1) is 12.7 Å². The number of esters is 1. The molecule has 0 saturated carbocycles. The van der Waals surface area contributed by atoms with Crippen molar-refractivity contribution in [3.63, 3.8) is 0 Å².